The number of hydrogen-bond acceptors (Lipinski definition) is 4. The molecule has 0 heterocycles. The second kappa shape index (κ2) is 26.0. The fourth-order valence-corrected chi connectivity index (χ4v) is 19.4. The zero-order valence-corrected chi connectivity index (χ0v) is 53.8. The van der Waals surface area contributed by atoms with Crippen LogP contribution >= 0.6 is 0 Å². The minimum absolute atomic E-state index is 0.600. The average Bonchev–Trinajstić information content (AvgIpc) is 0.955. The molecule has 5 heteroatoms. The van der Waals surface area contributed by atoms with Gasteiger partial charge in [-0.15, -0.1) is 0 Å². The second-order valence-electron chi connectivity index (χ2n) is 24.5. The average molecular weight is 1230 g/mol. The third kappa shape index (κ3) is 11.2. The number of allylic oxidation sites excluding steroid dienone is 2. The van der Waals surface area contributed by atoms with E-state index in [-0.39, 0.29) is 0 Å². The van der Waals surface area contributed by atoms with Gasteiger partial charge in [0.25, 0.3) is 0 Å². The monoisotopic (exact) mass is 1230 g/mol. The van der Waals surface area contributed by atoms with Crippen molar-refractivity contribution in [2.45, 2.75) is 25.8 Å². The van der Waals surface area contributed by atoms with Gasteiger partial charge in [-0.25, -0.2) is 0 Å². The van der Waals surface area contributed by atoms with Gasteiger partial charge in [-0.05, 0) is 176 Å². The van der Waals surface area contributed by atoms with E-state index in [2.05, 4.69) is 395 Å². The number of anilines is 11. The predicted molar refractivity (Wildman–Crippen MR) is 406 cm³/mol. The molecule has 452 valence electrons. The Bertz CT molecular complexity index is 5170. The van der Waals surface area contributed by atoms with Crippen LogP contribution in [0.2, 0.25) is 0 Å². The van der Waals surface area contributed by atoms with Crippen LogP contribution in [-0.2, 0) is 13.0 Å². The van der Waals surface area contributed by atoms with Gasteiger partial charge in [-0.1, -0.05) is 267 Å². The van der Waals surface area contributed by atoms with Gasteiger partial charge in [0.15, 0.2) is 8.07 Å². The molecular weight excluding hydrogens is 1170 g/mol. The van der Waals surface area contributed by atoms with Crippen LogP contribution in [0.15, 0.2) is 352 Å². The van der Waals surface area contributed by atoms with Gasteiger partial charge in [-0.3, -0.25) is 0 Å². The van der Waals surface area contributed by atoms with Crippen LogP contribution < -0.4 is 40.3 Å². The lowest BCUT2D eigenvalue weighted by atomic mass is 9.94. The Kier molecular flexibility index (Phi) is 15.9. The van der Waals surface area contributed by atoms with Crippen molar-refractivity contribution in [2.24, 2.45) is 0 Å². The van der Waals surface area contributed by atoms with Crippen molar-refractivity contribution in [3.05, 3.63) is 380 Å². The van der Waals surface area contributed by atoms with Crippen molar-refractivity contribution >= 4 is 125 Å². The smallest absolute Gasteiger partial charge is 0.179 e. The van der Waals surface area contributed by atoms with Crippen LogP contribution in [0.5, 0.6) is 0 Å². The first-order valence-electron chi connectivity index (χ1n) is 33.0. The zero-order chi connectivity index (χ0) is 63.3. The standard InChI is InChI=1S/C90H68N4Si/c1-8-32-68-37-29-57-88(85(68)54-21-1)92(73-43-11-3-12-44-73)77-60-76(91(72-41-9-2-10-42-72)66-71-40-28-36-67-33-22-25-53-84(67)71)62-82(63-77)95(80-49-17-6-18-50-80,81-51-19-7-20-52-81)83-64-78(93(74-45-13-4-14-46-74)89-58-30-38-69-34-23-26-55-86(69)89)61-79(65-83)94(75-47-15-5-16-48-75)90-59-31-39-70-35-24-27-56-87(70)90/h2-7,9-26,28-31,33-55,57-65H,1,27,56,66H2. The maximum atomic E-state index is 3.57. The normalized spacial score (nSPS) is 12.3. The summed E-state index contributed by atoms with van der Waals surface area (Å²) >= 11 is 0. The molecule has 16 rings (SSSR count). The topological polar surface area (TPSA) is 13.0 Å². The maximum Gasteiger partial charge on any atom is 0.179 e. The Morgan fingerprint density at radius 2 is 0.779 bits per heavy atom. The van der Waals surface area contributed by atoms with Crippen molar-refractivity contribution in [2.75, 3.05) is 19.6 Å². The Labute approximate surface area is 558 Å². The van der Waals surface area contributed by atoms with Gasteiger partial charge in [0.05, 0.1) is 11.4 Å². The zero-order valence-electron chi connectivity index (χ0n) is 52.8. The summed E-state index contributed by atoms with van der Waals surface area (Å²) in [6, 6.07) is 127. The molecule has 0 saturated carbocycles. The van der Waals surface area contributed by atoms with E-state index in [0.29, 0.717) is 13.0 Å². The van der Waals surface area contributed by atoms with Crippen LogP contribution in [0.3, 0.4) is 0 Å². The molecule has 0 spiro atoms. The molecule has 0 amide bonds. The van der Waals surface area contributed by atoms with Gasteiger partial charge in [-0.2, -0.15) is 0 Å². The van der Waals surface area contributed by atoms with Crippen LogP contribution in [0, 0.1) is 11.8 Å². The lowest BCUT2D eigenvalue weighted by Gasteiger charge is -2.39. The van der Waals surface area contributed by atoms with Crippen LogP contribution in [-0.4, -0.2) is 8.07 Å². The molecule has 0 bridgehead atoms. The Morgan fingerprint density at radius 3 is 1.40 bits per heavy atom. The fourth-order valence-electron chi connectivity index (χ4n) is 14.6. The predicted octanol–water partition coefficient (Wildman–Crippen LogP) is 20.8. The van der Waals surface area contributed by atoms with E-state index in [1.54, 1.807) is 0 Å². The van der Waals surface area contributed by atoms with Crippen LogP contribution in [0.4, 0.5) is 62.6 Å². The lowest BCUT2D eigenvalue weighted by Crippen LogP contribution is -2.74. The van der Waals surface area contributed by atoms with Crippen molar-refractivity contribution in [1.29, 1.82) is 0 Å². The molecule has 0 unspecified atom stereocenters. The molecule has 0 fully saturated rings. The molecule has 2 aliphatic carbocycles. The number of hydrogen-bond donors (Lipinski definition) is 0. The molecule has 0 aliphatic heterocycles. The van der Waals surface area contributed by atoms with Crippen molar-refractivity contribution in [3.8, 4) is 11.8 Å². The first-order valence-corrected chi connectivity index (χ1v) is 35.0. The third-order valence-corrected chi connectivity index (χ3v) is 23.5. The summed E-state index contributed by atoms with van der Waals surface area (Å²) in [7, 11) is -3.72. The van der Waals surface area contributed by atoms with Crippen LogP contribution in [0.1, 0.15) is 40.7 Å². The fraction of sp³-hybridized carbons (Fsp3) is 0.0444. The summed E-state index contributed by atoms with van der Waals surface area (Å²) in [5, 5.41) is 9.71. The van der Waals surface area contributed by atoms with Crippen molar-refractivity contribution in [1.82, 2.24) is 0 Å². The molecule has 0 saturated heterocycles. The Morgan fingerprint density at radius 1 is 0.326 bits per heavy atom. The number of para-hydroxylation sites is 4. The molecule has 2 aliphatic rings. The SMILES string of the molecule is C1#Cc2cccc(N(c3ccccc3)c3cc(N(Cc4cccc5ccccc45)c4ccccc4)cc([Si](c4ccccc4)(c4ccccc4)c4cc(N(c5ccccc5)c5cccc6c5CCC=C6)cc(N(c5ccccc5)c5cccc6ccccc56)c4)c3)c2C=CC1. The third-order valence-electron chi connectivity index (χ3n) is 18.8. The largest absolute Gasteiger partial charge is 0.337 e. The maximum absolute atomic E-state index is 3.72. The lowest BCUT2D eigenvalue weighted by molar-refractivity contribution is 0.979. The highest BCUT2D eigenvalue weighted by molar-refractivity contribution is 7.20. The summed E-state index contributed by atoms with van der Waals surface area (Å²) in [5.41, 5.74) is 17.7. The minimum Gasteiger partial charge on any atom is -0.337 e. The van der Waals surface area contributed by atoms with E-state index in [9.17, 15) is 0 Å². The number of nitrogens with zero attached hydrogens (tertiary/aromatic N) is 4. The molecule has 4 nitrogen and oxygen atoms in total. The molecule has 0 atom stereocenters. The first-order chi connectivity index (χ1) is 47.1. The Hall–Kier alpha value is -11.9. The van der Waals surface area contributed by atoms with E-state index in [4.69, 9.17) is 0 Å². The molecular formula is C90H68N4Si. The van der Waals surface area contributed by atoms with Crippen molar-refractivity contribution in [3.63, 3.8) is 0 Å². The van der Waals surface area contributed by atoms with Gasteiger partial charge < -0.3 is 19.6 Å². The molecule has 0 aromatic heterocycles. The van der Waals surface area contributed by atoms with E-state index in [0.717, 1.165) is 86.2 Å². The first kappa shape index (κ1) is 58.2. The van der Waals surface area contributed by atoms with E-state index in [1.807, 2.05) is 0 Å². The second-order valence-corrected chi connectivity index (χ2v) is 28.3. The number of benzene rings is 14. The van der Waals surface area contributed by atoms with E-state index in [1.165, 1.54) is 59.3 Å². The summed E-state index contributed by atoms with van der Waals surface area (Å²) in [5.74, 6) is 7.00. The highest BCUT2D eigenvalue weighted by atomic mass is 28.3. The molecule has 95 heavy (non-hydrogen) atoms. The summed E-state index contributed by atoms with van der Waals surface area (Å²) in [6.45, 7) is 0.600. The highest BCUT2D eigenvalue weighted by Gasteiger charge is 2.44. The highest BCUT2D eigenvalue weighted by Crippen LogP contribution is 2.46. The van der Waals surface area contributed by atoms with Gasteiger partial charge in [0, 0.05) is 80.7 Å². The number of fused-ring (bicyclic) bond motifs is 4. The Balaban J connectivity index is 1.07. The molecule has 0 radical (unpaired) electrons. The van der Waals surface area contributed by atoms with E-state index >= 15 is 0 Å². The van der Waals surface area contributed by atoms with Crippen molar-refractivity contribution < 1.29 is 0 Å². The number of rotatable bonds is 17. The summed E-state index contributed by atoms with van der Waals surface area (Å²) < 4.78 is 0. The quantitative estimate of drug-likeness (QED) is 0.0512. The minimum atomic E-state index is -3.72. The summed E-state index contributed by atoms with van der Waals surface area (Å²) in [4.78, 5) is 10.1. The van der Waals surface area contributed by atoms with Gasteiger partial charge in [0.2, 0.25) is 0 Å². The van der Waals surface area contributed by atoms with Gasteiger partial charge in [0.1, 0.15) is 0 Å². The molecule has 14 aromatic carbocycles. The van der Waals surface area contributed by atoms with Gasteiger partial charge >= 0.3 is 0 Å². The van der Waals surface area contributed by atoms with E-state index < -0.39 is 8.07 Å². The summed E-state index contributed by atoms with van der Waals surface area (Å²) in [6.07, 6.45) is 11.7. The van der Waals surface area contributed by atoms with Crippen LogP contribution in [0.25, 0.3) is 33.7 Å². The molecule has 14 aromatic rings. The molecule has 0 N–H and O–H groups in total.